The first-order valence-electron chi connectivity index (χ1n) is 6.61. The largest absolute Gasteiger partial charge is 0.351 e. The molecule has 2 aromatic heterocycles. The highest BCUT2D eigenvalue weighted by molar-refractivity contribution is 7.99. The van der Waals surface area contributed by atoms with Crippen molar-refractivity contribution >= 4 is 23.2 Å². The third kappa shape index (κ3) is 3.99. The summed E-state index contributed by atoms with van der Waals surface area (Å²) in [6.45, 7) is 2.89. The molecule has 0 atom stereocenters. The van der Waals surface area contributed by atoms with E-state index in [1.807, 2.05) is 36.2 Å². The van der Waals surface area contributed by atoms with Crippen LogP contribution in [0.15, 0.2) is 30.5 Å². The number of carbonyl (C=O) groups excluding carboxylic acids is 1. The molecule has 0 aliphatic carbocycles. The van der Waals surface area contributed by atoms with Gasteiger partial charge in [-0.3, -0.25) is 4.79 Å². The van der Waals surface area contributed by atoms with Gasteiger partial charge in [-0.25, -0.2) is 4.52 Å². The van der Waals surface area contributed by atoms with Gasteiger partial charge in [0, 0.05) is 12.7 Å². The van der Waals surface area contributed by atoms with E-state index in [0.29, 0.717) is 12.2 Å². The fourth-order valence-electron chi connectivity index (χ4n) is 1.76. The molecule has 2 aromatic rings. The zero-order valence-corrected chi connectivity index (χ0v) is 11.9. The second-order valence-electron chi connectivity index (χ2n) is 4.32. The Kier molecular flexibility index (Phi) is 5.27. The lowest BCUT2D eigenvalue weighted by atomic mass is 10.3. The van der Waals surface area contributed by atoms with E-state index in [1.54, 1.807) is 10.6 Å². The second kappa shape index (κ2) is 7.19. The highest BCUT2D eigenvalue weighted by Crippen LogP contribution is 2.06. The molecular formula is C14H19N3OS. The average molecular weight is 277 g/mol. The van der Waals surface area contributed by atoms with E-state index in [-0.39, 0.29) is 5.91 Å². The molecule has 0 aliphatic heterocycles. The number of fused-ring (bicyclic) bond motifs is 1. The van der Waals surface area contributed by atoms with Crippen LogP contribution in [0.3, 0.4) is 0 Å². The van der Waals surface area contributed by atoms with Crippen LogP contribution in [0.1, 0.15) is 30.3 Å². The molecule has 2 heterocycles. The van der Waals surface area contributed by atoms with Gasteiger partial charge >= 0.3 is 0 Å². The Balaban J connectivity index is 1.79. The Labute approximate surface area is 117 Å². The number of nitrogens with one attached hydrogen (secondary N) is 1. The quantitative estimate of drug-likeness (QED) is 0.791. The molecule has 102 valence electrons. The number of carbonyl (C=O) groups is 1. The van der Waals surface area contributed by atoms with Crippen LogP contribution in [0, 0.1) is 0 Å². The third-order valence-corrected chi connectivity index (χ3v) is 3.98. The second-order valence-corrected chi connectivity index (χ2v) is 5.55. The van der Waals surface area contributed by atoms with Crippen molar-refractivity contribution in [1.82, 2.24) is 14.9 Å². The Bertz CT molecular complexity index is 505. The number of hydrogen-bond acceptors (Lipinski definition) is 3. The molecule has 0 saturated heterocycles. The van der Waals surface area contributed by atoms with Gasteiger partial charge in [0.25, 0.3) is 5.91 Å². The molecule has 0 radical (unpaired) electrons. The molecule has 5 heteroatoms. The fraction of sp³-hybridized carbons (Fsp3) is 0.429. The predicted octanol–water partition coefficient (Wildman–Crippen LogP) is 2.60. The van der Waals surface area contributed by atoms with E-state index >= 15 is 0 Å². The first kappa shape index (κ1) is 13.9. The zero-order valence-electron chi connectivity index (χ0n) is 11.1. The minimum absolute atomic E-state index is 0.0933. The minimum atomic E-state index is -0.0933. The standard InChI is InChI=1S/C14H19N3OS/c1-2-9-19-10-5-7-15-14(18)13-11-12-6-3-4-8-17(12)16-13/h3-4,6,8,11H,2,5,7,9-10H2,1H3,(H,15,18). The molecular weight excluding hydrogens is 258 g/mol. The predicted molar refractivity (Wildman–Crippen MR) is 79.8 cm³/mol. The van der Waals surface area contributed by atoms with Gasteiger partial charge in [-0.15, -0.1) is 0 Å². The zero-order chi connectivity index (χ0) is 13.5. The molecule has 0 bridgehead atoms. The average Bonchev–Trinajstić information content (AvgIpc) is 2.86. The van der Waals surface area contributed by atoms with Crippen LogP contribution in [0.2, 0.25) is 0 Å². The first-order valence-corrected chi connectivity index (χ1v) is 7.77. The number of thioether (sulfide) groups is 1. The fourth-order valence-corrected chi connectivity index (χ4v) is 2.60. The van der Waals surface area contributed by atoms with Crippen molar-refractivity contribution < 1.29 is 4.79 Å². The van der Waals surface area contributed by atoms with Crippen molar-refractivity contribution in [3.05, 3.63) is 36.2 Å². The minimum Gasteiger partial charge on any atom is -0.351 e. The van der Waals surface area contributed by atoms with Crippen LogP contribution in [0.25, 0.3) is 5.52 Å². The molecule has 0 aliphatic rings. The number of aromatic nitrogens is 2. The summed E-state index contributed by atoms with van der Waals surface area (Å²) in [6.07, 6.45) is 4.05. The van der Waals surface area contributed by atoms with Gasteiger partial charge in [-0.2, -0.15) is 16.9 Å². The lowest BCUT2D eigenvalue weighted by Crippen LogP contribution is -2.25. The molecule has 1 amide bonds. The summed E-state index contributed by atoms with van der Waals surface area (Å²) in [6, 6.07) is 7.57. The van der Waals surface area contributed by atoms with E-state index < -0.39 is 0 Å². The highest BCUT2D eigenvalue weighted by Gasteiger charge is 2.09. The number of rotatable bonds is 7. The van der Waals surface area contributed by atoms with E-state index in [2.05, 4.69) is 17.3 Å². The Morgan fingerprint density at radius 3 is 3.11 bits per heavy atom. The van der Waals surface area contributed by atoms with Gasteiger partial charge in [-0.05, 0) is 42.5 Å². The molecule has 19 heavy (non-hydrogen) atoms. The van der Waals surface area contributed by atoms with Crippen LogP contribution in [0.5, 0.6) is 0 Å². The number of pyridine rings is 1. The monoisotopic (exact) mass is 277 g/mol. The molecule has 0 aromatic carbocycles. The molecule has 0 saturated carbocycles. The smallest absolute Gasteiger partial charge is 0.271 e. The van der Waals surface area contributed by atoms with Gasteiger partial charge in [0.2, 0.25) is 0 Å². The van der Waals surface area contributed by atoms with Crippen LogP contribution in [-0.2, 0) is 0 Å². The van der Waals surface area contributed by atoms with E-state index in [0.717, 1.165) is 17.7 Å². The summed E-state index contributed by atoms with van der Waals surface area (Å²) in [5.74, 6) is 2.20. The van der Waals surface area contributed by atoms with E-state index in [9.17, 15) is 4.79 Å². The number of nitrogens with zero attached hydrogens (tertiary/aromatic N) is 2. The van der Waals surface area contributed by atoms with Crippen LogP contribution in [0.4, 0.5) is 0 Å². The molecule has 0 unspecified atom stereocenters. The summed E-state index contributed by atoms with van der Waals surface area (Å²) in [7, 11) is 0. The van der Waals surface area contributed by atoms with Crippen molar-refractivity contribution in [1.29, 1.82) is 0 Å². The van der Waals surface area contributed by atoms with Crippen molar-refractivity contribution in [2.24, 2.45) is 0 Å². The van der Waals surface area contributed by atoms with Crippen molar-refractivity contribution in [2.45, 2.75) is 19.8 Å². The van der Waals surface area contributed by atoms with Gasteiger partial charge in [0.15, 0.2) is 5.69 Å². The maximum Gasteiger partial charge on any atom is 0.271 e. The van der Waals surface area contributed by atoms with Crippen LogP contribution >= 0.6 is 11.8 Å². The Morgan fingerprint density at radius 2 is 2.32 bits per heavy atom. The number of amides is 1. The van der Waals surface area contributed by atoms with E-state index in [1.165, 1.54) is 12.2 Å². The van der Waals surface area contributed by atoms with Gasteiger partial charge in [-0.1, -0.05) is 13.0 Å². The SMILES string of the molecule is CCCSCCCNC(=O)c1cc2ccccn2n1. The summed E-state index contributed by atoms with van der Waals surface area (Å²) in [5.41, 5.74) is 1.42. The van der Waals surface area contributed by atoms with Gasteiger partial charge in [0.1, 0.15) is 0 Å². The molecule has 1 N–H and O–H groups in total. The normalized spacial score (nSPS) is 10.8. The van der Waals surface area contributed by atoms with Crippen molar-refractivity contribution in [3.8, 4) is 0 Å². The summed E-state index contributed by atoms with van der Waals surface area (Å²) < 4.78 is 1.71. The summed E-state index contributed by atoms with van der Waals surface area (Å²) in [4.78, 5) is 11.9. The third-order valence-electron chi connectivity index (χ3n) is 2.70. The van der Waals surface area contributed by atoms with Gasteiger partial charge in [0.05, 0.1) is 5.52 Å². The van der Waals surface area contributed by atoms with Crippen molar-refractivity contribution in [2.75, 3.05) is 18.1 Å². The lowest BCUT2D eigenvalue weighted by molar-refractivity contribution is 0.0948. The lowest BCUT2D eigenvalue weighted by Gasteiger charge is -2.02. The maximum absolute atomic E-state index is 11.9. The molecule has 0 fully saturated rings. The first-order chi connectivity index (χ1) is 9.31. The summed E-state index contributed by atoms with van der Waals surface area (Å²) >= 11 is 1.93. The number of hydrogen-bond donors (Lipinski definition) is 1. The Hall–Kier alpha value is -1.49. The molecule has 0 spiro atoms. The maximum atomic E-state index is 11.9. The van der Waals surface area contributed by atoms with Crippen LogP contribution in [-0.4, -0.2) is 33.6 Å². The molecule has 2 rings (SSSR count). The topological polar surface area (TPSA) is 46.4 Å². The van der Waals surface area contributed by atoms with Gasteiger partial charge < -0.3 is 5.32 Å². The molecule has 4 nitrogen and oxygen atoms in total. The van der Waals surface area contributed by atoms with Crippen LogP contribution < -0.4 is 5.32 Å². The van der Waals surface area contributed by atoms with Crippen molar-refractivity contribution in [3.63, 3.8) is 0 Å². The summed E-state index contributed by atoms with van der Waals surface area (Å²) in [5, 5.41) is 7.15. The highest BCUT2D eigenvalue weighted by atomic mass is 32.2. The van der Waals surface area contributed by atoms with E-state index in [4.69, 9.17) is 0 Å². The Morgan fingerprint density at radius 1 is 1.42 bits per heavy atom.